The van der Waals surface area contributed by atoms with Gasteiger partial charge >= 0.3 is 0 Å². The minimum atomic E-state index is -0.462. The number of hydrogen-bond acceptors (Lipinski definition) is 6. The van der Waals surface area contributed by atoms with Crippen LogP contribution in [0.15, 0.2) is 54.6 Å². The average Bonchev–Trinajstić information content (AvgIpc) is 3.21. The Bertz CT molecular complexity index is 1440. The summed E-state index contributed by atoms with van der Waals surface area (Å²) in [4.78, 5) is 20.3. The number of fused-ring (bicyclic) bond motifs is 2. The molecular formula is C28H28N4O3. The van der Waals surface area contributed by atoms with Crippen molar-refractivity contribution in [3.63, 3.8) is 0 Å². The van der Waals surface area contributed by atoms with Gasteiger partial charge in [0.2, 0.25) is 0 Å². The van der Waals surface area contributed by atoms with E-state index in [1.165, 1.54) is 0 Å². The first-order valence-electron chi connectivity index (χ1n) is 12.0. The van der Waals surface area contributed by atoms with Gasteiger partial charge in [0, 0.05) is 31.3 Å². The first-order chi connectivity index (χ1) is 17.0. The number of carbonyl (C=O) groups excluding carboxylic acids is 1. The van der Waals surface area contributed by atoms with E-state index in [2.05, 4.69) is 17.9 Å². The Morgan fingerprint density at radius 3 is 2.54 bits per heavy atom. The molecule has 2 aromatic heterocycles. The summed E-state index contributed by atoms with van der Waals surface area (Å²) in [5, 5.41) is 5.88. The van der Waals surface area contributed by atoms with Gasteiger partial charge in [-0.25, -0.2) is 9.67 Å². The van der Waals surface area contributed by atoms with Gasteiger partial charge in [-0.3, -0.25) is 4.79 Å². The van der Waals surface area contributed by atoms with Crippen molar-refractivity contribution in [2.24, 2.45) is 0 Å². The highest BCUT2D eigenvalue weighted by Crippen LogP contribution is 2.41. The van der Waals surface area contributed by atoms with Crippen LogP contribution in [0.5, 0.6) is 11.5 Å². The fourth-order valence-electron chi connectivity index (χ4n) is 5.42. The second-order valence-electron chi connectivity index (χ2n) is 9.56. The Morgan fingerprint density at radius 2 is 1.80 bits per heavy atom. The lowest BCUT2D eigenvalue weighted by Crippen LogP contribution is -2.51. The number of rotatable bonds is 3. The van der Waals surface area contributed by atoms with Crippen molar-refractivity contribution in [2.45, 2.75) is 38.7 Å². The summed E-state index contributed by atoms with van der Waals surface area (Å²) in [5.74, 6) is 2.40. The average molecular weight is 469 g/mol. The Balaban J connectivity index is 1.28. The number of piperidine rings is 1. The van der Waals surface area contributed by atoms with E-state index in [1.807, 2.05) is 54.1 Å². The van der Waals surface area contributed by atoms with E-state index in [0.717, 1.165) is 59.7 Å². The van der Waals surface area contributed by atoms with Gasteiger partial charge in [-0.05, 0) is 55.8 Å². The summed E-state index contributed by atoms with van der Waals surface area (Å²) in [5.41, 5.74) is 4.16. The van der Waals surface area contributed by atoms with Crippen molar-refractivity contribution in [2.75, 3.05) is 25.1 Å². The number of methoxy groups -OCH3 is 1. The molecule has 1 spiro atoms. The molecule has 0 N–H and O–H groups in total. The van der Waals surface area contributed by atoms with Crippen LogP contribution in [0.1, 0.15) is 40.9 Å². The topological polar surface area (TPSA) is 69.5 Å². The van der Waals surface area contributed by atoms with Crippen LogP contribution in [0.2, 0.25) is 0 Å². The molecule has 0 bridgehead atoms. The van der Waals surface area contributed by atoms with Gasteiger partial charge in [-0.1, -0.05) is 18.2 Å². The Kier molecular flexibility index (Phi) is 5.02. The maximum Gasteiger partial charge on any atom is 0.170 e. The van der Waals surface area contributed by atoms with Crippen molar-refractivity contribution in [3.8, 4) is 17.2 Å². The molecule has 0 aliphatic carbocycles. The van der Waals surface area contributed by atoms with Gasteiger partial charge in [0.1, 0.15) is 22.9 Å². The number of ether oxygens (including phenoxy) is 2. The molecular weight excluding hydrogens is 440 g/mol. The lowest BCUT2D eigenvalue weighted by molar-refractivity contribution is 0.0230. The molecule has 1 saturated heterocycles. The number of aryl methyl sites for hydroxylation is 2. The quantitative estimate of drug-likeness (QED) is 0.419. The van der Waals surface area contributed by atoms with Crippen molar-refractivity contribution in [1.29, 1.82) is 0 Å². The number of nitrogens with zero attached hydrogens (tertiary/aromatic N) is 4. The number of pyridine rings is 1. The van der Waals surface area contributed by atoms with Crippen LogP contribution in [-0.2, 0) is 0 Å². The van der Waals surface area contributed by atoms with Crippen LogP contribution < -0.4 is 14.4 Å². The summed E-state index contributed by atoms with van der Waals surface area (Å²) in [6, 6.07) is 17.7. The number of benzene rings is 2. The van der Waals surface area contributed by atoms with Crippen LogP contribution >= 0.6 is 0 Å². The normalized spacial score (nSPS) is 16.9. The van der Waals surface area contributed by atoms with Crippen LogP contribution in [-0.4, -0.2) is 46.3 Å². The molecule has 0 unspecified atom stereocenters. The predicted molar refractivity (Wildman–Crippen MR) is 135 cm³/mol. The highest BCUT2D eigenvalue weighted by atomic mass is 16.5. The third kappa shape index (κ3) is 3.62. The Labute approximate surface area is 204 Å². The number of para-hydroxylation sites is 1. The van der Waals surface area contributed by atoms with Gasteiger partial charge < -0.3 is 14.4 Å². The Hall–Kier alpha value is -3.87. The SMILES string of the molecule is COc1ccc2c(c1)C(=O)CC1(CCN(c3cc(C)c4c(C)nn(-c5ccccc5)c4n3)CC1)O2. The molecule has 178 valence electrons. The molecule has 0 amide bonds. The van der Waals surface area contributed by atoms with E-state index < -0.39 is 5.60 Å². The zero-order valence-corrected chi connectivity index (χ0v) is 20.2. The maximum absolute atomic E-state index is 13.0. The minimum absolute atomic E-state index is 0.122. The lowest BCUT2D eigenvalue weighted by atomic mass is 9.82. The molecule has 0 radical (unpaired) electrons. The third-order valence-corrected chi connectivity index (χ3v) is 7.29. The van der Waals surface area contributed by atoms with Crippen molar-refractivity contribution in [3.05, 3.63) is 71.4 Å². The summed E-state index contributed by atoms with van der Waals surface area (Å²) < 4.78 is 13.7. The molecule has 2 aliphatic heterocycles. The number of aromatic nitrogens is 3. The van der Waals surface area contributed by atoms with E-state index >= 15 is 0 Å². The molecule has 4 heterocycles. The van der Waals surface area contributed by atoms with Crippen LogP contribution in [0.25, 0.3) is 16.7 Å². The number of Topliss-reactive ketones (excluding diaryl/α,β-unsaturated/α-hetero) is 1. The summed E-state index contributed by atoms with van der Waals surface area (Å²) >= 11 is 0. The summed E-state index contributed by atoms with van der Waals surface area (Å²) in [6.07, 6.45) is 1.92. The van der Waals surface area contributed by atoms with Crippen molar-refractivity contribution < 1.29 is 14.3 Å². The fraction of sp³-hybridized carbons (Fsp3) is 0.321. The smallest absolute Gasteiger partial charge is 0.170 e. The van der Waals surface area contributed by atoms with Gasteiger partial charge in [0.15, 0.2) is 11.4 Å². The predicted octanol–water partition coefficient (Wildman–Crippen LogP) is 5.05. The maximum atomic E-state index is 13.0. The molecule has 0 atom stereocenters. The standard InChI is InChI=1S/C28H28N4O3/c1-18-15-25(29-27-26(18)19(2)30-32(27)20-7-5-4-6-8-20)31-13-11-28(12-14-31)17-23(33)22-16-21(34-3)9-10-24(22)35-28/h4-10,15-16H,11-14,17H2,1-3H3. The first-order valence-corrected chi connectivity index (χ1v) is 12.0. The summed E-state index contributed by atoms with van der Waals surface area (Å²) in [7, 11) is 1.61. The van der Waals surface area contributed by atoms with E-state index in [0.29, 0.717) is 23.5 Å². The Morgan fingerprint density at radius 1 is 1.03 bits per heavy atom. The number of ketones is 1. The number of anilines is 1. The monoisotopic (exact) mass is 468 g/mol. The van der Waals surface area contributed by atoms with Gasteiger partial charge in [0.25, 0.3) is 0 Å². The molecule has 2 aliphatic rings. The van der Waals surface area contributed by atoms with Gasteiger partial charge in [-0.2, -0.15) is 5.10 Å². The zero-order chi connectivity index (χ0) is 24.2. The van der Waals surface area contributed by atoms with E-state index in [-0.39, 0.29) is 5.78 Å². The van der Waals surface area contributed by atoms with Crippen molar-refractivity contribution >= 4 is 22.6 Å². The van der Waals surface area contributed by atoms with Crippen molar-refractivity contribution in [1.82, 2.24) is 14.8 Å². The van der Waals surface area contributed by atoms with Gasteiger partial charge in [-0.15, -0.1) is 0 Å². The molecule has 1 fully saturated rings. The fourth-order valence-corrected chi connectivity index (χ4v) is 5.42. The van der Waals surface area contributed by atoms with E-state index in [9.17, 15) is 4.79 Å². The van der Waals surface area contributed by atoms with Gasteiger partial charge in [0.05, 0.1) is 30.5 Å². The second kappa shape index (κ2) is 8.12. The third-order valence-electron chi connectivity index (χ3n) is 7.29. The van der Waals surface area contributed by atoms with Crippen LogP contribution in [0.4, 0.5) is 5.82 Å². The molecule has 6 rings (SSSR count). The highest BCUT2D eigenvalue weighted by molar-refractivity contribution is 6.00. The number of carbonyl (C=O) groups is 1. The number of hydrogen-bond donors (Lipinski definition) is 0. The second-order valence-corrected chi connectivity index (χ2v) is 9.56. The van der Waals surface area contributed by atoms with E-state index in [4.69, 9.17) is 19.6 Å². The molecule has 2 aromatic carbocycles. The van der Waals surface area contributed by atoms with Crippen LogP contribution in [0, 0.1) is 13.8 Å². The molecule has 35 heavy (non-hydrogen) atoms. The molecule has 7 heteroatoms. The first kappa shape index (κ1) is 21.6. The molecule has 7 nitrogen and oxygen atoms in total. The highest BCUT2D eigenvalue weighted by Gasteiger charge is 2.43. The largest absolute Gasteiger partial charge is 0.497 e. The lowest BCUT2D eigenvalue weighted by Gasteiger charge is -2.44. The molecule has 0 saturated carbocycles. The van der Waals surface area contributed by atoms with E-state index in [1.54, 1.807) is 13.2 Å². The summed E-state index contributed by atoms with van der Waals surface area (Å²) in [6.45, 7) is 5.70. The molecule has 4 aromatic rings. The minimum Gasteiger partial charge on any atom is -0.497 e. The zero-order valence-electron chi connectivity index (χ0n) is 20.2. The van der Waals surface area contributed by atoms with Crippen LogP contribution in [0.3, 0.4) is 0 Å².